The van der Waals surface area contributed by atoms with Crippen LogP contribution in [0.4, 0.5) is 0 Å². The first-order chi connectivity index (χ1) is 46.6. The third-order valence-corrected chi connectivity index (χ3v) is 20.7. The third-order valence-electron chi connectivity index (χ3n) is 19.6. The lowest BCUT2D eigenvalue weighted by Gasteiger charge is -2.00. The predicted octanol–water partition coefficient (Wildman–Crippen LogP) is 15.8. The fourth-order valence-corrected chi connectivity index (χ4v) is 16.9. The van der Waals surface area contributed by atoms with Crippen molar-refractivity contribution >= 4 is 98.1 Å². The molecule has 440 valence electrons. The van der Waals surface area contributed by atoms with Gasteiger partial charge in [0.1, 0.15) is 41.1 Å². The molecule has 0 bridgehead atoms. The van der Waals surface area contributed by atoms with E-state index < -0.39 is 6.98 Å². The van der Waals surface area contributed by atoms with Crippen molar-refractivity contribution in [2.24, 2.45) is 28.1 Å². The highest BCUT2D eigenvalue weighted by Crippen LogP contribution is 2.43. The second-order valence-electron chi connectivity index (χ2n) is 24.5. The molecule has 4 aliphatic rings. The molecule has 92 heavy (non-hydrogen) atoms. The van der Waals surface area contributed by atoms with Gasteiger partial charge in [0.2, 0.25) is 22.0 Å². The molecule has 0 radical (unpaired) electrons. The molecule has 4 aliphatic heterocycles. The van der Waals surface area contributed by atoms with E-state index in [1.54, 1.807) is 0 Å². The Morgan fingerprint density at radius 2 is 0.826 bits per heavy atom. The Labute approximate surface area is 537 Å². The zero-order valence-electron chi connectivity index (χ0n) is 53.9. The van der Waals surface area contributed by atoms with Crippen LogP contribution in [-0.4, -0.2) is 27.4 Å². The van der Waals surface area contributed by atoms with E-state index in [4.69, 9.17) is 8.53 Å². The summed E-state index contributed by atoms with van der Waals surface area (Å²) in [6.45, 7) is 1.35. The molecular weight excluding hydrogens is 1150 g/mol. The average Bonchev–Trinajstić information content (AvgIpc) is 1.57. The van der Waals surface area contributed by atoms with Gasteiger partial charge in [-0.3, -0.25) is 9.13 Å². The molecule has 11 nitrogen and oxygen atoms in total. The Morgan fingerprint density at radius 3 is 1.40 bits per heavy atom. The number of imidazole rings is 4. The van der Waals surface area contributed by atoms with Gasteiger partial charge in [0.25, 0.3) is 22.9 Å². The quantitative estimate of drug-likeness (QED) is 0.159. The molecule has 12 heteroatoms. The maximum absolute atomic E-state index is 8.02. The van der Waals surface area contributed by atoms with E-state index in [-0.39, 0.29) is 0 Å². The van der Waals surface area contributed by atoms with Crippen LogP contribution in [0.5, 0.6) is 0 Å². The van der Waals surface area contributed by atoms with Gasteiger partial charge < -0.3 is 4.42 Å². The van der Waals surface area contributed by atoms with E-state index in [0.29, 0.717) is 0 Å². The fraction of sp³-hybridized carbons (Fsp3) is 0.100. The predicted molar refractivity (Wildman–Crippen MR) is 369 cm³/mol. The first kappa shape index (κ1) is 49.5. The van der Waals surface area contributed by atoms with Crippen LogP contribution in [-0.2, 0) is 54.3 Å². The van der Waals surface area contributed by atoms with E-state index >= 15 is 0 Å². The standard InChI is InChI=1S/C22H15N2O.C22H15N2S.2C18H16N3/c2*1-2-9-16(10-3-1)24-21-17-11-5-4-8-15(17)14-23(21)20-18-12-6-7-13-19(18)25-22(20)24;2*1-19-15-10-6-5-9-14(15)16-18(19)20(2)17-13-8-4-3-7-12(13)11-21(16)17/h2*1-13H,14H2;2*3-10H,11H2,1-2H3/q4*+1/i;;1D3;. The van der Waals surface area contributed by atoms with Crippen LogP contribution in [0, 0.1) is 0 Å². The van der Waals surface area contributed by atoms with Crippen molar-refractivity contribution in [3.8, 4) is 56.9 Å². The minimum absolute atomic E-state index is 0.751. The van der Waals surface area contributed by atoms with E-state index in [0.717, 1.165) is 71.1 Å². The number of thiophene rings is 1. The van der Waals surface area contributed by atoms with Gasteiger partial charge in [0.05, 0.1) is 83.7 Å². The summed E-state index contributed by atoms with van der Waals surface area (Å²) in [4.78, 5) is 1.33. The molecule has 18 aromatic rings. The molecule has 8 aromatic heterocycles. The second-order valence-corrected chi connectivity index (χ2v) is 25.5. The lowest BCUT2D eigenvalue weighted by atomic mass is 10.1. The molecule has 0 aliphatic carbocycles. The third kappa shape index (κ3) is 7.43. The van der Waals surface area contributed by atoms with Crippen molar-refractivity contribution < 1.29 is 26.8 Å². The summed E-state index contributed by atoms with van der Waals surface area (Å²) < 4.78 is 54.1. The first-order valence-corrected chi connectivity index (χ1v) is 32.2. The van der Waals surface area contributed by atoms with Gasteiger partial charge in [0.15, 0.2) is 16.6 Å². The highest BCUT2D eigenvalue weighted by atomic mass is 32.1. The van der Waals surface area contributed by atoms with Gasteiger partial charge >= 0.3 is 5.71 Å². The lowest BCUT2D eigenvalue weighted by Crippen LogP contribution is -2.31. The van der Waals surface area contributed by atoms with Gasteiger partial charge in [-0.15, -0.1) is 0 Å². The summed E-state index contributed by atoms with van der Waals surface area (Å²) in [6.07, 6.45) is 0. The number of benzene rings is 10. The van der Waals surface area contributed by atoms with E-state index in [1.807, 2.05) is 77.5 Å². The highest BCUT2D eigenvalue weighted by molar-refractivity contribution is 7.25. The van der Waals surface area contributed by atoms with Crippen LogP contribution in [0.25, 0.3) is 144 Å². The van der Waals surface area contributed by atoms with Crippen LogP contribution in [0.15, 0.2) is 259 Å². The number of para-hydroxylation sites is 5. The van der Waals surface area contributed by atoms with Crippen LogP contribution < -0.4 is 18.3 Å². The first-order valence-electron chi connectivity index (χ1n) is 32.9. The Bertz CT molecular complexity index is 6010. The highest BCUT2D eigenvalue weighted by Gasteiger charge is 2.40. The van der Waals surface area contributed by atoms with Crippen molar-refractivity contribution in [1.29, 1.82) is 0 Å². The molecule has 22 rings (SSSR count). The minimum atomic E-state index is -2.22. The molecule has 10 aromatic carbocycles. The maximum atomic E-state index is 8.02. The van der Waals surface area contributed by atoms with Crippen molar-refractivity contribution in [3.05, 3.63) is 277 Å². The zero-order chi connectivity index (χ0) is 63.5. The average molecular weight is 1210 g/mol. The Hall–Kier alpha value is -11.3. The number of hydrogen-bond donors (Lipinski definition) is 0. The molecule has 0 spiro atoms. The monoisotopic (exact) mass is 1210 g/mol. The number of aromatic nitrogens is 10. The summed E-state index contributed by atoms with van der Waals surface area (Å²) in [6, 6.07) is 89.1. The van der Waals surface area contributed by atoms with E-state index in [9.17, 15) is 0 Å². The van der Waals surface area contributed by atoms with E-state index in [2.05, 4.69) is 251 Å². The SMILES string of the molecule is Cn1c2ccccc2c2c1[n+](C)c1n2Cc2ccccc2-1.[2H]C([2H])([2H])n1c2ccccc2c2c1[n+](C)c1n2Cc2ccccc2-1.c1ccc(-n2c3[n+](c4c5ccccc5oc42)Cc2ccccc2-3)cc1.c1ccc(-n2c3[n+](c4c5ccccc5sc42)Cc2ccccc2-3)cc1. The van der Waals surface area contributed by atoms with Crippen molar-refractivity contribution in [1.82, 2.24) is 27.4 Å². The van der Waals surface area contributed by atoms with Crippen LogP contribution >= 0.6 is 11.3 Å². The molecule has 0 atom stereocenters. The van der Waals surface area contributed by atoms with Crippen LogP contribution in [0.2, 0.25) is 0 Å². The Kier molecular flexibility index (Phi) is 10.8. The summed E-state index contributed by atoms with van der Waals surface area (Å²) in [5.41, 5.74) is 23.8. The van der Waals surface area contributed by atoms with E-state index in [1.165, 1.54) is 126 Å². The van der Waals surface area contributed by atoms with Crippen LogP contribution in [0.3, 0.4) is 0 Å². The number of nitrogens with zero attached hydrogens (tertiary/aromatic N) is 10. The number of rotatable bonds is 2. The van der Waals surface area contributed by atoms with Crippen LogP contribution in [0.1, 0.15) is 26.4 Å². The lowest BCUT2D eigenvalue weighted by molar-refractivity contribution is -0.645. The van der Waals surface area contributed by atoms with Crippen molar-refractivity contribution in [2.75, 3.05) is 0 Å². The summed E-state index contributed by atoms with van der Waals surface area (Å²) >= 11 is 1.88. The fourth-order valence-electron chi connectivity index (χ4n) is 15.7. The molecule has 0 saturated carbocycles. The Balaban J connectivity index is 0.0000000898. The molecule has 0 amide bonds. The number of aryl methyl sites for hydroxylation is 4. The molecule has 12 heterocycles. The molecule has 0 fully saturated rings. The largest absolute Gasteiger partial charge is 0.419 e. The van der Waals surface area contributed by atoms with Gasteiger partial charge in [-0.05, 0) is 108 Å². The van der Waals surface area contributed by atoms with Gasteiger partial charge in [-0.2, -0.15) is 9.13 Å². The number of furan rings is 1. The molecular formula is C80H62N10OS+4. The minimum Gasteiger partial charge on any atom is -0.419 e. The normalized spacial score (nSPS) is 13.4. The molecule has 0 N–H and O–H groups in total. The molecule has 0 unspecified atom stereocenters. The number of fused-ring (bicyclic) bond motifs is 28. The molecule has 0 saturated heterocycles. The topological polar surface area (TPSA) is 58.2 Å². The van der Waals surface area contributed by atoms with Crippen molar-refractivity contribution in [3.63, 3.8) is 0 Å². The van der Waals surface area contributed by atoms with Gasteiger partial charge in [0, 0.05) is 21.2 Å². The summed E-state index contributed by atoms with van der Waals surface area (Å²) in [5, 5.41) is 4.84. The zero-order valence-corrected chi connectivity index (χ0v) is 51.7. The smallest absolute Gasteiger partial charge is 0.344 e. The van der Waals surface area contributed by atoms with Crippen molar-refractivity contribution in [2.45, 2.75) is 26.2 Å². The summed E-state index contributed by atoms with van der Waals surface area (Å²) in [7, 11) is 6.29. The maximum Gasteiger partial charge on any atom is 0.344 e. The van der Waals surface area contributed by atoms with Gasteiger partial charge in [-0.1, -0.05) is 169 Å². The number of hydrogen-bond acceptors (Lipinski definition) is 2. The van der Waals surface area contributed by atoms with Gasteiger partial charge in [-0.25, -0.2) is 27.4 Å². The summed E-state index contributed by atoms with van der Waals surface area (Å²) in [5.74, 6) is 4.88. The Morgan fingerprint density at radius 1 is 0.402 bits per heavy atom. The second kappa shape index (κ2) is 20.1.